The van der Waals surface area contributed by atoms with E-state index in [1.165, 1.54) is 12.7 Å². The van der Waals surface area contributed by atoms with Crippen molar-refractivity contribution in [1.82, 2.24) is 29.1 Å². The largest absolute Gasteiger partial charge is 0.497 e. The van der Waals surface area contributed by atoms with Crippen LogP contribution in [0.25, 0.3) is 11.2 Å². The molecule has 5 aromatic rings. The van der Waals surface area contributed by atoms with E-state index in [4.69, 9.17) is 37.7 Å². The standard InChI is InChI=1S/C46H56N9O8P/c1-31(2)55(32(3)4)64(61-27-13-25-48)63-40-38(62-44(41(40)59-26-12-24-47)54-30-49-39-42(54)51-45(52-43(39)56)50-29-53(5)6)28-60-46(33-14-10-9-11-15-33,34-16-20-36(57-7)21-17-34)35-18-22-37(58-8)23-19-35/h9-11,14-23,29-32,38,40-41,44H,12-13,26-28H2,1-8H3,(H,51,52,56)/b50-29+/t38-,40?,41+,44-,64?/m1/s1. The lowest BCUT2D eigenvalue weighted by atomic mass is 9.80. The molecule has 1 fully saturated rings. The van der Waals surface area contributed by atoms with Gasteiger partial charge in [-0.1, -0.05) is 54.6 Å². The van der Waals surface area contributed by atoms with Gasteiger partial charge >= 0.3 is 0 Å². The van der Waals surface area contributed by atoms with Crippen LogP contribution in [0.5, 0.6) is 11.5 Å². The average molecular weight is 894 g/mol. The summed E-state index contributed by atoms with van der Waals surface area (Å²) >= 11 is 0. The van der Waals surface area contributed by atoms with E-state index in [0.29, 0.717) is 11.5 Å². The number of imidazole rings is 1. The number of rotatable bonds is 22. The van der Waals surface area contributed by atoms with Crippen molar-refractivity contribution in [2.24, 2.45) is 4.99 Å². The van der Waals surface area contributed by atoms with Crippen molar-refractivity contribution < 1.29 is 32.7 Å². The number of methoxy groups -OCH3 is 2. The summed E-state index contributed by atoms with van der Waals surface area (Å²) in [6.07, 6.45) is -0.500. The highest BCUT2D eigenvalue weighted by atomic mass is 31.2. The van der Waals surface area contributed by atoms with Crippen LogP contribution in [0.4, 0.5) is 5.95 Å². The fourth-order valence-electron chi connectivity index (χ4n) is 7.62. The van der Waals surface area contributed by atoms with Gasteiger partial charge in [-0.15, -0.1) is 0 Å². The Labute approximate surface area is 375 Å². The molecule has 1 N–H and O–H groups in total. The Morgan fingerprint density at radius 3 is 2.05 bits per heavy atom. The second kappa shape index (κ2) is 22.2. The van der Waals surface area contributed by atoms with Gasteiger partial charge in [-0.2, -0.15) is 15.5 Å². The molecule has 1 saturated heterocycles. The molecule has 2 aromatic heterocycles. The lowest BCUT2D eigenvalue weighted by molar-refractivity contribution is -0.0952. The van der Waals surface area contributed by atoms with Crippen LogP contribution < -0.4 is 15.0 Å². The Morgan fingerprint density at radius 2 is 1.48 bits per heavy atom. The van der Waals surface area contributed by atoms with E-state index in [1.54, 1.807) is 37.8 Å². The smallest absolute Gasteiger partial charge is 0.280 e. The van der Waals surface area contributed by atoms with Gasteiger partial charge in [0.2, 0.25) is 5.95 Å². The Kier molecular flexibility index (Phi) is 16.6. The third-order valence-corrected chi connectivity index (χ3v) is 12.6. The van der Waals surface area contributed by atoms with Crippen molar-refractivity contribution in [3.63, 3.8) is 0 Å². The number of nitrogens with one attached hydrogen (secondary N) is 1. The van der Waals surface area contributed by atoms with Gasteiger partial charge in [-0.25, -0.2) is 14.6 Å². The number of H-pyrrole nitrogens is 1. The van der Waals surface area contributed by atoms with Crippen molar-refractivity contribution in [3.05, 3.63) is 112 Å². The van der Waals surface area contributed by atoms with Gasteiger partial charge in [-0.05, 0) is 68.7 Å². The number of nitrogens with zero attached hydrogens (tertiary/aromatic N) is 8. The highest BCUT2D eigenvalue weighted by Crippen LogP contribution is 2.51. The molecule has 1 aliphatic heterocycles. The van der Waals surface area contributed by atoms with Crippen molar-refractivity contribution in [2.45, 2.75) is 82.8 Å². The van der Waals surface area contributed by atoms with E-state index in [-0.39, 0.29) is 61.9 Å². The molecule has 64 heavy (non-hydrogen) atoms. The number of aromatic nitrogens is 4. The number of aromatic amines is 1. The molecule has 18 heteroatoms. The van der Waals surface area contributed by atoms with Gasteiger partial charge < -0.3 is 37.6 Å². The number of nitriles is 2. The molecule has 0 aliphatic carbocycles. The summed E-state index contributed by atoms with van der Waals surface area (Å²) in [6.45, 7) is 8.29. The summed E-state index contributed by atoms with van der Waals surface area (Å²) in [5.41, 5.74) is 0.990. The molecule has 0 spiro atoms. The van der Waals surface area contributed by atoms with E-state index in [1.807, 2.05) is 78.9 Å². The van der Waals surface area contributed by atoms with E-state index >= 15 is 0 Å². The molecule has 3 aromatic carbocycles. The topological polar surface area (TPSA) is 195 Å². The molecule has 5 atom stereocenters. The number of fused-ring (bicyclic) bond motifs is 1. The molecule has 0 saturated carbocycles. The van der Waals surface area contributed by atoms with Gasteiger partial charge in [0.25, 0.3) is 14.1 Å². The lowest BCUT2D eigenvalue weighted by Gasteiger charge is -2.39. The molecule has 17 nitrogen and oxygen atoms in total. The summed E-state index contributed by atoms with van der Waals surface area (Å²) in [5.74, 6) is 1.41. The fourth-order valence-corrected chi connectivity index (χ4v) is 9.39. The SMILES string of the molecule is COc1ccc(C(OC[C@H]2O[C@@H](n3cnc4c(=O)[nH]c(/N=C/N(C)C)nc43)[C@@H](OCCC#N)C2OP(OCCC#N)N(C(C)C)C(C)C)(c2ccccc2)c2ccc(OC)cc2)cc1. The van der Waals surface area contributed by atoms with Gasteiger partial charge in [-0.3, -0.25) is 14.3 Å². The minimum absolute atomic E-state index is 0.0236. The van der Waals surface area contributed by atoms with Crippen molar-refractivity contribution >= 4 is 32.0 Å². The predicted molar refractivity (Wildman–Crippen MR) is 242 cm³/mol. The Balaban J connectivity index is 1.54. The van der Waals surface area contributed by atoms with E-state index in [2.05, 4.69) is 59.5 Å². The van der Waals surface area contributed by atoms with Crippen LogP contribution in [-0.4, -0.2) is 114 Å². The van der Waals surface area contributed by atoms with Gasteiger partial charge in [0.05, 0.1) is 71.7 Å². The van der Waals surface area contributed by atoms with Crippen molar-refractivity contribution in [1.29, 1.82) is 10.5 Å². The molecule has 338 valence electrons. The van der Waals surface area contributed by atoms with Crippen LogP contribution in [0, 0.1) is 22.7 Å². The Hall–Kier alpha value is -5.75. The van der Waals surface area contributed by atoms with Gasteiger partial charge in [0, 0.05) is 26.2 Å². The normalized spacial score (nSPS) is 18.2. The first-order valence-electron chi connectivity index (χ1n) is 21.0. The van der Waals surface area contributed by atoms with Crippen molar-refractivity contribution in [3.8, 4) is 23.6 Å². The zero-order chi connectivity index (χ0) is 45.8. The van der Waals surface area contributed by atoms with Gasteiger partial charge in [0.1, 0.15) is 35.4 Å². The zero-order valence-electron chi connectivity index (χ0n) is 37.5. The number of benzene rings is 3. The maximum Gasteiger partial charge on any atom is 0.280 e. The first kappa shape index (κ1) is 47.7. The molecular weight excluding hydrogens is 838 g/mol. The van der Waals surface area contributed by atoms with Crippen LogP contribution >= 0.6 is 8.53 Å². The number of aliphatic imine (C=N–C) groups is 1. The molecular formula is C46H56N9O8P. The summed E-state index contributed by atoms with van der Waals surface area (Å²) < 4.78 is 49.6. The molecule has 1 aliphatic rings. The van der Waals surface area contributed by atoms with E-state index < -0.39 is 44.2 Å². The van der Waals surface area contributed by atoms with E-state index in [9.17, 15) is 15.3 Å². The molecule has 0 bridgehead atoms. The Morgan fingerprint density at radius 1 is 0.891 bits per heavy atom. The van der Waals surface area contributed by atoms with Crippen LogP contribution in [0.3, 0.4) is 0 Å². The molecule has 0 amide bonds. The van der Waals surface area contributed by atoms with Crippen molar-refractivity contribution in [2.75, 3.05) is 48.1 Å². The summed E-state index contributed by atoms with van der Waals surface area (Å²) in [4.78, 5) is 31.3. The summed E-state index contributed by atoms with van der Waals surface area (Å²) in [5, 5.41) is 19.2. The molecule has 6 rings (SSSR count). The summed E-state index contributed by atoms with van der Waals surface area (Å²) in [6, 6.07) is 29.6. The van der Waals surface area contributed by atoms with Crippen LogP contribution in [0.15, 0.2) is 95.0 Å². The minimum atomic E-state index is -1.86. The zero-order valence-corrected chi connectivity index (χ0v) is 38.3. The second-order valence-electron chi connectivity index (χ2n) is 15.7. The number of ether oxygens (including phenoxy) is 5. The molecule has 2 unspecified atom stereocenters. The second-order valence-corrected chi connectivity index (χ2v) is 17.1. The number of hydrogen-bond donors (Lipinski definition) is 1. The van der Waals surface area contributed by atoms with Crippen LogP contribution in [0.2, 0.25) is 0 Å². The molecule has 0 radical (unpaired) electrons. The first-order valence-corrected chi connectivity index (χ1v) is 22.1. The maximum atomic E-state index is 13.4. The summed E-state index contributed by atoms with van der Waals surface area (Å²) in [7, 11) is 4.99. The van der Waals surface area contributed by atoms with Gasteiger partial charge in [0.15, 0.2) is 17.4 Å². The van der Waals surface area contributed by atoms with E-state index in [0.717, 1.165) is 16.7 Å². The third-order valence-electron chi connectivity index (χ3n) is 10.4. The Bertz CT molecular complexity index is 2380. The predicted octanol–water partition coefficient (Wildman–Crippen LogP) is 7.22. The van der Waals surface area contributed by atoms with Crippen LogP contribution in [0.1, 0.15) is 63.5 Å². The monoisotopic (exact) mass is 893 g/mol. The minimum Gasteiger partial charge on any atom is -0.497 e. The maximum absolute atomic E-state index is 13.4. The fraction of sp³-hybridized carbons (Fsp3) is 0.435. The lowest BCUT2D eigenvalue weighted by Crippen LogP contribution is -2.43. The highest BCUT2D eigenvalue weighted by Gasteiger charge is 2.52. The average Bonchev–Trinajstić information content (AvgIpc) is 3.87. The molecule has 3 heterocycles. The van der Waals surface area contributed by atoms with Crippen LogP contribution in [-0.2, 0) is 28.9 Å². The number of hydrogen-bond acceptors (Lipinski definition) is 14. The highest BCUT2D eigenvalue weighted by molar-refractivity contribution is 7.44. The first-order chi connectivity index (χ1) is 30.9. The quantitative estimate of drug-likeness (QED) is 0.0240. The third kappa shape index (κ3) is 10.8.